The van der Waals surface area contributed by atoms with E-state index in [2.05, 4.69) is 27.0 Å². The fourth-order valence-electron chi connectivity index (χ4n) is 3.99. The van der Waals surface area contributed by atoms with Gasteiger partial charge in [0, 0.05) is 34.6 Å². The number of benzene rings is 1. The van der Waals surface area contributed by atoms with E-state index >= 15 is 0 Å². The Morgan fingerprint density at radius 1 is 1.26 bits per heavy atom. The number of piperidine rings is 1. The summed E-state index contributed by atoms with van der Waals surface area (Å²) in [6.45, 7) is 7.36. The molecule has 6 heteroatoms. The van der Waals surface area contributed by atoms with Gasteiger partial charge in [-0.15, -0.1) is 0 Å². The van der Waals surface area contributed by atoms with Crippen LogP contribution >= 0.6 is 0 Å². The van der Waals surface area contributed by atoms with E-state index in [1.807, 2.05) is 37.4 Å². The SMILES string of the molecule is CCOc1ccc2[nH]c(=O)c(CN3CCC(c4[nH]ncc4C)CC3)cc2c1. The van der Waals surface area contributed by atoms with Gasteiger partial charge in [-0.2, -0.15) is 5.10 Å². The molecule has 3 aromatic rings. The van der Waals surface area contributed by atoms with Crippen molar-refractivity contribution in [1.82, 2.24) is 20.1 Å². The number of aryl methyl sites for hydroxylation is 1. The second kappa shape index (κ2) is 7.56. The molecular weight excluding hydrogens is 340 g/mol. The number of H-pyrrole nitrogens is 2. The van der Waals surface area contributed by atoms with Gasteiger partial charge in [-0.1, -0.05) is 0 Å². The molecule has 0 saturated carbocycles. The lowest BCUT2D eigenvalue weighted by atomic mass is 9.91. The number of pyridine rings is 1. The highest BCUT2D eigenvalue weighted by Crippen LogP contribution is 2.29. The predicted molar refractivity (Wildman–Crippen MR) is 106 cm³/mol. The average molecular weight is 366 g/mol. The second-order valence-corrected chi connectivity index (χ2v) is 7.32. The molecule has 0 unspecified atom stereocenters. The number of hydrogen-bond donors (Lipinski definition) is 2. The van der Waals surface area contributed by atoms with Crippen LogP contribution in [0.4, 0.5) is 0 Å². The maximum Gasteiger partial charge on any atom is 0.252 e. The minimum absolute atomic E-state index is 0.00167. The van der Waals surface area contributed by atoms with Crippen LogP contribution in [0.15, 0.2) is 35.3 Å². The van der Waals surface area contributed by atoms with Gasteiger partial charge in [-0.25, -0.2) is 0 Å². The molecule has 0 amide bonds. The van der Waals surface area contributed by atoms with Crippen LogP contribution in [0.3, 0.4) is 0 Å². The number of likely N-dealkylation sites (tertiary alicyclic amines) is 1. The van der Waals surface area contributed by atoms with Crippen LogP contribution < -0.4 is 10.3 Å². The van der Waals surface area contributed by atoms with E-state index in [0.717, 1.165) is 48.1 Å². The minimum Gasteiger partial charge on any atom is -0.494 e. The van der Waals surface area contributed by atoms with E-state index in [-0.39, 0.29) is 5.56 Å². The number of ether oxygens (including phenoxy) is 1. The largest absolute Gasteiger partial charge is 0.494 e. The first-order valence-electron chi connectivity index (χ1n) is 9.65. The molecule has 1 aromatic carbocycles. The Hall–Kier alpha value is -2.60. The van der Waals surface area contributed by atoms with Crippen LogP contribution in [0.5, 0.6) is 5.75 Å². The molecule has 27 heavy (non-hydrogen) atoms. The first-order valence-corrected chi connectivity index (χ1v) is 9.65. The number of nitrogens with one attached hydrogen (secondary N) is 2. The number of aromatic nitrogens is 3. The summed E-state index contributed by atoms with van der Waals surface area (Å²) in [7, 11) is 0. The standard InChI is InChI=1S/C21H26N4O2/c1-3-27-18-4-5-19-16(11-18)10-17(21(26)23-19)13-25-8-6-15(7-9-25)20-14(2)12-22-24-20/h4-5,10-12,15H,3,6-9,13H2,1-2H3,(H,22,24)(H,23,26). The highest BCUT2D eigenvalue weighted by molar-refractivity contribution is 5.80. The van der Waals surface area contributed by atoms with Crippen molar-refractivity contribution in [3.05, 3.63) is 57.6 Å². The molecule has 3 heterocycles. The van der Waals surface area contributed by atoms with Crippen LogP contribution in [-0.4, -0.2) is 39.8 Å². The van der Waals surface area contributed by atoms with Crippen molar-refractivity contribution in [1.29, 1.82) is 0 Å². The smallest absolute Gasteiger partial charge is 0.252 e. The van der Waals surface area contributed by atoms with E-state index in [4.69, 9.17) is 4.74 Å². The zero-order chi connectivity index (χ0) is 18.8. The highest BCUT2D eigenvalue weighted by atomic mass is 16.5. The van der Waals surface area contributed by atoms with E-state index in [1.54, 1.807) is 0 Å². The van der Waals surface area contributed by atoms with Gasteiger partial charge >= 0.3 is 0 Å². The van der Waals surface area contributed by atoms with Gasteiger partial charge in [0.05, 0.1) is 12.8 Å². The molecule has 6 nitrogen and oxygen atoms in total. The number of rotatable bonds is 5. The Morgan fingerprint density at radius 3 is 2.78 bits per heavy atom. The number of fused-ring (bicyclic) bond motifs is 1. The normalized spacial score (nSPS) is 16.1. The van der Waals surface area contributed by atoms with Gasteiger partial charge < -0.3 is 9.72 Å². The molecule has 0 spiro atoms. The topological polar surface area (TPSA) is 74.0 Å². The molecule has 1 fully saturated rings. The van der Waals surface area contributed by atoms with Crippen LogP contribution in [0.2, 0.25) is 0 Å². The fraction of sp³-hybridized carbons (Fsp3) is 0.429. The molecule has 142 valence electrons. The van der Waals surface area contributed by atoms with E-state index in [9.17, 15) is 4.79 Å². The van der Waals surface area contributed by atoms with E-state index in [0.29, 0.717) is 19.1 Å². The lowest BCUT2D eigenvalue weighted by Gasteiger charge is -2.31. The molecule has 0 aliphatic carbocycles. The molecule has 4 rings (SSSR count). The third-order valence-electron chi connectivity index (χ3n) is 5.46. The Balaban J connectivity index is 1.48. The average Bonchev–Trinajstić information content (AvgIpc) is 3.09. The molecule has 0 radical (unpaired) electrons. The van der Waals surface area contributed by atoms with Crippen molar-refractivity contribution in [3.63, 3.8) is 0 Å². The van der Waals surface area contributed by atoms with Crippen molar-refractivity contribution < 1.29 is 4.74 Å². The van der Waals surface area contributed by atoms with Crippen LogP contribution in [0.1, 0.15) is 42.5 Å². The summed E-state index contributed by atoms with van der Waals surface area (Å²) in [5.41, 5.74) is 4.16. The summed E-state index contributed by atoms with van der Waals surface area (Å²) in [5, 5.41) is 8.31. The van der Waals surface area contributed by atoms with Crippen LogP contribution in [0.25, 0.3) is 10.9 Å². The van der Waals surface area contributed by atoms with Gasteiger partial charge in [0.2, 0.25) is 0 Å². The molecule has 1 aliphatic rings. The lowest BCUT2D eigenvalue weighted by molar-refractivity contribution is 0.202. The molecular formula is C21H26N4O2. The Bertz CT molecular complexity index is 983. The van der Waals surface area contributed by atoms with Crippen molar-refractivity contribution >= 4 is 10.9 Å². The van der Waals surface area contributed by atoms with Gasteiger partial charge in [-0.3, -0.25) is 14.8 Å². The quantitative estimate of drug-likeness (QED) is 0.726. The number of aromatic amines is 2. The van der Waals surface area contributed by atoms with Crippen LogP contribution in [-0.2, 0) is 6.54 Å². The second-order valence-electron chi connectivity index (χ2n) is 7.32. The highest BCUT2D eigenvalue weighted by Gasteiger charge is 2.23. The van der Waals surface area contributed by atoms with Crippen molar-refractivity contribution in [2.45, 2.75) is 39.2 Å². The summed E-state index contributed by atoms with van der Waals surface area (Å²) < 4.78 is 5.58. The zero-order valence-electron chi connectivity index (χ0n) is 15.9. The first-order chi connectivity index (χ1) is 13.1. The lowest BCUT2D eigenvalue weighted by Crippen LogP contribution is -2.34. The minimum atomic E-state index is -0.00167. The van der Waals surface area contributed by atoms with Crippen molar-refractivity contribution in [3.8, 4) is 5.75 Å². The fourth-order valence-corrected chi connectivity index (χ4v) is 3.99. The monoisotopic (exact) mass is 366 g/mol. The van der Waals surface area contributed by atoms with Crippen molar-refractivity contribution in [2.75, 3.05) is 19.7 Å². The van der Waals surface area contributed by atoms with E-state index in [1.165, 1.54) is 11.3 Å². The molecule has 0 bridgehead atoms. The summed E-state index contributed by atoms with van der Waals surface area (Å²) in [6.07, 6.45) is 4.07. The van der Waals surface area contributed by atoms with E-state index < -0.39 is 0 Å². The molecule has 2 aromatic heterocycles. The third-order valence-corrected chi connectivity index (χ3v) is 5.46. The first kappa shape index (κ1) is 17.8. The van der Waals surface area contributed by atoms with Gasteiger partial charge in [0.15, 0.2) is 0 Å². The summed E-state index contributed by atoms with van der Waals surface area (Å²) in [5.74, 6) is 1.37. The Labute approximate surface area is 158 Å². The summed E-state index contributed by atoms with van der Waals surface area (Å²) in [4.78, 5) is 17.9. The van der Waals surface area contributed by atoms with Crippen LogP contribution in [0, 0.1) is 6.92 Å². The molecule has 2 N–H and O–H groups in total. The predicted octanol–water partition coefficient (Wildman–Crippen LogP) is 3.34. The third kappa shape index (κ3) is 3.76. The zero-order valence-corrected chi connectivity index (χ0v) is 15.9. The Kier molecular flexibility index (Phi) is 4.99. The maximum atomic E-state index is 12.5. The maximum absolute atomic E-state index is 12.5. The van der Waals surface area contributed by atoms with Crippen molar-refractivity contribution in [2.24, 2.45) is 0 Å². The number of nitrogens with zero attached hydrogens (tertiary/aromatic N) is 2. The number of hydrogen-bond acceptors (Lipinski definition) is 4. The molecule has 0 atom stereocenters. The molecule has 1 aliphatic heterocycles. The van der Waals surface area contributed by atoms with Gasteiger partial charge in [0.25, 0.3) is 5.56 Å². The molecule has 1 saturated heterocycles. The van der Waals surface area contributed by atoms with Gasteiger partial charge in [0.1, 0.15) is 5.75 Å². The summed E-state index contributed by atoms with van der Waals surface area (Å²) >= 11 is 0. The van der Waals surface area contributed by atoms with Gasteiger partial charge in [-0.05, 0) is 69.6 Å². The summed E-state index contributed by atoms with van der Waals surface area (Å²) in [6, 6.07) is 7.79. The Morgan fingerprint density at radius 2 is 2.07 bits per heavy atom.